The van der Waals surface area contributed by atoms with Gasteiger partial charge in [0.1, 0.15) is 0 Å². The summed E-state index contributed by atoms with van der Waals surface area (Å²) in [7, 11) is 4.52. The monoisotopic (exact) mass is 582 g/mol. The number of benzene rings is 2. The summed E-state index contributed by atoms with van der Waals surface area (Å²) in [5.41, 5.74) is 1.72. The minimum Gasteiger partial charge on any atom is -0.493 e. The fraction of sp³-hybridized carbons (Fsp3) is 0.367. The number of carbonyl (C=O) groups is 1. The molecule has 4 rings (SSSR count). The number of fused-ring (bicyclic) bond motifs is 1. The molecule has 0 aliphatic carbocycles. The summed E-state index contributed by atoms with van der Waals surface area (Å²) >= 11 is 1.23. The summed E-state index contributed by atoms with van der Waals surface area (Å²) in [6.45, 7) is 8.40. The molecule has 0 fully saturated rings. The van der Waals surface area contributed by atoms with Crippen LogP contribution in [0, 0.1) is 0 Å². The molecule has 0 amide bonds. The molecule has 1 aliphatic heterocycles. The molecule has 1 aliphatic rings. The number of nitrogens with zero attached hydrogens (tertiary/aromatic N) is 2. The van der Waals surface area contributed by atoms with Crippen molar-refractivity contribution < 1.29 is 33.2 Å². The van der Waals surface area contributed by atoms with E-state index in [0.717, 1.165) is 5.56 Å². The van der Waals surface area contributed by atoms with Gasteiger partial charge in [-0.25, -0.2) is 9.79 Å². The van der Waals surface area contributed by atoms with Gasteiger partial charge in [0.15, 0.2) is 27.8 Å². The first-order valence-corrected chi connectivity index (χ1v) is 14.0. The lowest BCUT2D eigenvalue weighted by Gasteiger charge is -2.26. The van der Waals surface area contributed by atoms with E-state index in [9.17, 15) is 9.59 Å². The number of thiazole rings is 1. The minimum atomic E-state index is -0.847. The Bertz CT molecular complexity index is 1630. The number of allylic oxidation sites excluding steroid dienone is 1. The third-order valence-electron chi connectivity index (χ3n) is 6.39. The molecule has 0 bridgehead atoms. The average Bonchev–Trinajstić information content (AvgIpc) is 3.26. The third-order valence-corrected chi connectivity index (χ3v) is 7.37. The topological polar surface area (TPSA) is 107 Å². The predicted octanol–water partition coefficient (Wildman–Crippen LogP) is 3.62. The van der Waals surface area contributed by atoms with Crippen LogP contribution in [-0.2, 0) is 9.53 Å². The van der Waals surface area contributed by atoms with Crippen LogP contribution in [0.5, 0.6) is 28.7 Å². The molecular weight excluding hydrogens is 548 g/mol. The summed E-state index contributed by atoms with van der Waals surface area (Å²) in [6, 6.07) is 8.11. The number of hydrogen-bond acceptors (Lipinski definition) is 10. The highest BCUT2D eigenvalue weighted by atomic mass is 32.1. The highest BCUT2D eigenvalue weighted by Gasteiger charge is 2.34. The smallest absolute Gasteiger partial charge is 0.338 e. The average molecular weight is 583 g/mol. The Hall–Kier alpha value is -4.25. The summed E-state index contributed by atoms with van der Waals surface area (Å²) in [6.07, 6.45) is 1.78. The number of hydrogen-bond donors (Lipinski definition) is 0. The van der Waals surface area contributed by atoms with Gasteiger partial charge in [-0.2, -0.15) is 0 Å². The van der Waals surface area contributed by atoms with Crippen LogP contribution in [0.25, 0.3) is 6.08 Å². The summed E-state index contributed by atoms with van der Waals surface area (Å²) in [5.74, 6) is 1.83. The van der Waals surface area contributed by atoms with Gasteiger partial charge in [0, 0.05) is 0 Å². The van der Waals surface area contributed by atoms with Crippen molar-refractivity contribution in [2.45, 2.75) is 33.7 Å². The molecule has 2 heterocycles. The Morgan fingerprint density at radius 2 is 1.59 bits per heavy atom. The minimum absolute atomic E-state index is 0.169. The zero-order valence-electron chi connectivity index (χ0n) is 24.2. The molecule has 11 heteroatoms. The van der Waals surface area contributed by atoms with Crippen LogP contribution in [0.1, 0.15) is 44.9 Å². The Balaban J connectivity index is 1.96. The molecule has 0 saturated carbocycles. The molecule has 2 aromatic carbocycles. The van der Waals surface area contributed by atoms with Crippen molar-refractivity contribution in [1.82, 2.24) is 4.57 Å². The molecule has 41 heavy (non-hydrogen) atoms. The molecule has 0 N–H and O–H groups in total. The fourth-order valence-electron chi connectivity index (χ4n) is 4.68. The number of ether oxygens (including phenoxy) is 6. The quantitative estimate of drug-likeness (QED) is 0.316. The molecule has 0 saturated heterocycles. The molecule has 1 aromatic heterocycles. The lowest BCUT2D eigenvalue weighted by molar-refractivity contribution is -0.139. The highest BCUT2D eigenvalue weighted by molar-refractivity contribution is 7.07. The van der Waals surface area contributed by atoms with Gasteiger partial charge >= 0.3 is 5.97 Å². The van der Waals surface area contributed by atoms with Crippen molar-refractivity contribution in [3.63, 3.8) is 0 Å². The van der Waals surface area contributed by atoms with E-state index < -0.39 is 12.0 Å². The number of carbonyl (C=O) groups excluding carboxylic acids is 1. The van der Waals surface area contributed by atoms with Gasteiger partial charge < -0.3 is 28.4 Å². The van der Waals surface area contributed by atoms with Crippen LogP contribution in [0.15, 0.2) is 51.4 Å². The van der Waals surface area contributed by atoms with Crippen molar-refractivity contribution in [3.05, 3.63) is 72.4 Å². The molecule has 218 valence electrons. The van der Waals surface area contributed by atoms with E-state index in [-0.39, 0.29) is 17.7 Å². The second kappa shape index (κ2) is 12.9. The van der Waals surface area contributed by atoms with Crippen LogP contribution < -0.4 is 38.6 Å². The second-order valence-electron chi connectivity index (χ2n) is 8.83. The Morgan fingerprint density at radius 3 is 2.17 bits per heavy atom. The van der Waals surface area contributed by atoms with Crippen molar-refractivity contribution in [2.24, 2.45) is 4.99 Å². The third kappa shape index (κ3) is 5.81. The number of methoxy groups -OCH3 is 3. The molecule has 3 aromatic rings. The van der Waals surface area contributed by atoms with Gasteiger partial charge in [0.2, 0.25) is 5.75 Å². The van der Waals surface area contributed by atoms with Gasteiger partial charge in [-0.15, -0.1) is 0 Å². The van der Waals surface area contributed by atoms with E-state index in [1.54, 1.807) is 32.1 Å². The first-order valence-electron chi connectivity index (χ1n) is 13.2. The maximum Gasteiger partial charge on any atom is 0.338 e. The van der Waals surface area contributed by atoms with Crippen molar-refractivity contribution in [1.29, 1.82) is 0 Å². The highest BCUT2D eigenvalue weighted by Crippen LogP contribution is 2.42. The molecule has 0 unspecified atom stereocenters. The van der Waals surface area contributed by atoms with E-state index in [1.165, 1.54) is 37.2 Å². The number of esters is 1. The Kier molecular flexibility index (Phi) is 9.38. The van der Waals surface area contributed by atoms with Crippen LogP contribution in [-0.4, -0.2) is 51.7 Å². The van der Waals surface area contributed by atoms with Gasteiger partial charge in [-0.1, -0.05) is 17.4 Å². The number of aromatic nitrogens is 1. The van der Waals surface area contributed by atoms with Gasteiger partial charge in [-0.3, -0.25) is 9.36 Å². The maximum absolute atomic E-state index is 14.0. The maximum atomic E-state index is 14.0. The summed E-state index contributed by atoms with van der Waals surface area (Å²) in [5, 5.41) is 0. The van der Waals surface area contributed by atoms with Crippen LogP contribution in [0.4, 0.5) is 0 Å². The van der Waals surface area contributed by atoms with Gasteiger partial charge in [0.25, 0.3) is 5.56 Å². The predicted molar refractivity (Wildman–Crippen MR) is 155 cm³/mol. The van der Waals surface area contributed by atoms with E-state index in [2.05, 4.69) is 4.99 Å². The largest absolute Gasteiger partial charge is 0.493 e. The molecule has 1 atom stereocenters. The first kappa shape index (κ1) is 29.7. The second-order valence-corrected chi connectivity index (χ2v) is 9.84. The molecular formula is C30H34N2O8S. The van der Waals surface area contributed by atoms with Crippen LogP contribution in [0.3, 0.4) is 0 Å². The van der Waals surface area contributed by atoms with Crippen LogP contribution in [0.2, 0.25) is 0 Å². The molecule has 0 radical (unpaired) electrons. The van der Waals surface area contributed by atoms with Gasteiger partial charge in [-0.05, 0) is 69.2 Å². The zero-order valence-corrected chi connectivity index (χ0v) is 25.0. The zero-order chi connectivity index (χ0) is 29.7. The standard InChI is InChI=1S/C30H34N2O8S/c1-8-38-20-12-11-18(13-21(20)39-9-2)14-24-28(33)32-26(19-15-22(35-5)27(37-7)23(16-19)36-6)25(29(34)40-10-3)17(4)31-30(32)41-24/h11-16,26H,8-10H2,1-7H3/b24-14-/t26-/m0/s1. The first-order chi connectivity index (χ1) is 19.8. The van der Waals surface area contributed by atoms with Crippen LogP contribution >= 0.6 is 11.3 Å². The Morgan fingerprint density at radius 1 is 0.927 bits per heavy atom. The SMILES string of the molecule is CCOC(=O)C1=C(C)N=c2s/c(=C\c3ccc(OCC)c(OCC)c3)c(=O)n2[C@H]1c1cc(OC)c(OC)c(OC)c1. The van der Waals surface area contributed by atoms with Crippen molar-refractivity contribution in [3.8, 4) is 28.7 Å². The van der Waals surface area contributed by atoms with E-state index >= 15 is 0 Å². The van der Waals surface area contributed by atoms with E-state index in [0.29, 0.717) is 62.6 Å². The molecule has 0 spiro atoms. The van der Waals surface area contributed by atoms with E-state index in [1.807, 2.05) is 32.0 Å². The Labute approximate surface area is 242 Å². The van der Waals surface area contributed by atoms with Gasteiger partial charge in [0.05, 0.1) is 63.0 Å². The molecule has 10 nitrogen and oxygen atoms in total. The lowest BCUT2D eigenvalue weighted by atomic mass is 9.95. The van der Waals surface area contributed by atoms with Crippen molar-refractivity contribution >= 4 is 23.4 Å². The number of rotatable bonds is 11. The summed E-state index contributed by atoms with van der Waals surface area (Å²) in [4.78, 5) is 32.4. The fourth-order valence-corrected chi connectivity index (χ4v) is 5.72. The van der Waals surface area contributed by atoms with E-state index in [4.69, 9.17) is 28.4 Å². The lowest BCUT2D eigenvalue weighted by Crippen LogP contribution is -2.40. The normalized spacial score (nSPS) is 14.7. The summed E-state index contributed by atoms with van der Waals surface area (Å²) < 4.78 is 35.4. The van der Waals surface area contributed by atoms with Crippen molar-refractivity contribution in [2.75, 3.05) is 41.2 Å².